The Morgan fingerprint density at radius 3 is 2.77 bits per heavy atom. The highest BCUT2D eigenvalue weighted by Crippen LogP contribution is 2.40. The van der Waals surface area contributed by atoms with Gasteiger partial charge in [-0.15, -0.1) is 0 Å². The zero-order valence-corrected chi connectivity index (χ0v) is 7.31. The van der Waals surface area contributed by atoms with Crippen molar-refractivity contribution in [2.24, 2.45) is 0 Å². The van der Waals surface area contributed by atoms with Crippen LogP contribution >= 0.6 is 0 Å². The predicted molar refractivity (Wildman–Crippen MR) is 48.9 cm³/mol. The third-order valence-corrected chi connectivity index (χ3v) is 2.25. The first-order valence-electron chi connectivity index (χ1n) is 4.49. The van der Waals surface area contributed by atoms with Crippen molar-refractivity contribution in [1.82, 2.24) is 0 Å². The molecule has 0 unspecified atom stereocenters. The molecule has 2 nitrogen and oxygen atoms in total. The van der Waals surface area contributed by atoms with Gasteiger partial charge in [-0.2, -0.15) is 5.26 Å². The summed E-state index contributed by atoms with van der Waals surface area (Å²) in [6.45, 7) is 0. The monoisotopic (exact) mass is 173 g/mol. The Labute approximate surface area is 77.8 Å². The van der Waals surface area contributed by atoms with E-state index in [1.807, 2.05) is 18.2 Å². The van der Waals surface area contributed by atoms with Crippen molar-refractivity contribution in [1.29, 1.82) is 5.26 Å². The van der Waals surface area contributed by atoms with Crippen LogP contribution in [0, 0.1) is 11.3 Å². The van der Waals surface area contributed by atoms with E-state index in [-0.39, 0.29) is 12.2 Å². The quantitative estimate of drug-likeness (QED) is 0.658. The van der Waals surface area contributed by atoms with Gasteiger partial charge in [0.25, 0.3) is 0 Å². The Kier molecular flexibility index (Phi) is 2.29. The number of hydrogen-bond donors (Lipinski definition) is 0. The van der Waals surface area contributed by atoms with Crippen molar-refractivity contribution in [2.75, 3.05) is 0 Å². The lowest BCUT2D eigenvalue weighted by molar-refractivity contribution is 0.367. The van der Waals surface area contributed by atoms with Gasteiger partial charge in [-0.1, -0.05) is 30.3 Å². The Morgan fingerprint density at radius 1 is 1.31 bits per heavy atom. The summed E-state index contributed by atoms with van der Waals surface area (Å²) in [5.41, 5.74) is 1.23. The maximum atomic E-state index is 8.39. The predicted octanol–water partition coefficient (Wildman–Crippen LogP) is 2.43. The van der Waals surface area contributed by atoms with E-state index in [9.17, 15) is 0 Å². The molecule has 0 aliphatic carbocycles. The summed E-state index contributed by atoms with van der Waals surface area (Å²) in [5.74, 6) is 0. The molecule has 0 aromatic heterocycles. The maximum absolute atomic E-state index is 8.39. The molecule has 1 aromatic carbocycles. The van der Waals surface area contributed by atoms with Gasteiger partial charge in [0.15, 0.2) is 0 Å². The van der Waals surface area contributed by atoms with Gasteiger partial charge in [-0.3, -0.25) is 0 Å². The molecule has 1 heterocycles. The number of hydrogen-bond acceptors (Lipinski definition) is 2. The maximum Gasteiger partial charge on any atom is 0.109 e. The minimum atomic E-state index is 0.245. The van der Waals surface area contributed by atoms with E-state index in [1.54, 1.807) is 0 Å². The van der Waals surface area contributed by atoms with Crippen molar-refractivity contribution in [3.8, 4) is 6.07 Å². The van der Waals surface area contributed by atoms with E-state index in [1.165, 1.54) is 5.56 Å². The largest absolute Gasteiger partial charge is 0.364 e. The zero-order valence-electron chi connectivity index (χ0n) is 7.31. The number of epoxide rings is 1. The van der Waals surface area contributed by atoms with Crippen LogP contribution in [0.5, 0.6) is 0 Å². The SMILES string of the molecule is N#CCC[C@H]1O[C@H]1c1ccccc1. The van der Waals surface area contributed by atoms with Crippen molar-refractivity contribution in [3.63, 3.8) is 0 Å². The number of rotatable bonds is 3. The Balaban J connectivity index is 1.90. The van der Waals surface area contributed by atoms with Gasteiger partial charge in [0.2, 0.25) is 0 Å². The third-order valence-electron chi connectivity index (χ3n) is 2.25. The molecule has 1 aliphatic rings. The minimum absolute atomic E-state index is 0.245. The molecule has 1 fully saturated rings. The smallest absolute Gasteiger partial charge is 0.109 e. The Bertz CT molecular complexity index is 315. The van der Waals surface area contributed by atoms with E-state index >= 15 is 0 Å². The zero-order chi connectivity index (χ0) is 9.10. The highest BCUT2D eigenvalue weighted by molar-refractivity contribution is 5.22. The van der Waals surface area contributed by atoms with Crippen molar-refractivity contribution < 1.29 is 4.74 Å². The van der Waals surface area contributed by atoms with Gasteiger partial charge in [-0.25, -0.2) is 0 Å². The standard InChI is InChI=1S/C11H11NO/c12-8-4-7-10-11(13-10)9-5-2-1-3-6-9/h1-3,5-6,10-11H,4,7H2/t10-,11+/m1/s1. The molecule has 0 N–H and O–H groups in total. The minimum Gasteiger partial charge on any atom is -0.364 e. The van der Waals surface area contributed by atoms with Crippen LogP contribution in [-0.4, -0.2) is 6.10 Å². The van der Waals surface area contributed by atoms with Crippen molar-refractivity contribution >= 4 is 0 Å². The summed E-state index contributed by atoms with van der Waals surface area (Å²) in [6, 6.07) is 12.3. The molecule has 0 spiro atoms. The van der Waals surface area contributed by atoms with Gasteiger partial charge >= 0.3 is 0 Å². The molecule has 13 heavy (non-hydrogen) atoms. The fourth-order valence-corrected chi connectivity index (χ4v) is 1.51. The van der Waals surface area contributed by atoms with Gasteiger partial charge in [0.05, 0.1) is 12.2 Å². The van der Waals surface area contributed by atoms with Crippen LogP contribution in [0.4, 0.5) is 0 Å². The summed E-state index contributed by atoms with van der Waals surface area (Å²) >= 11 is 0. The molecule has 2 rings (SSSR count). The van der Waals surface area contributed by atoms with Crippen LogP contribution in [0.2, 0.25) is 0 Å². The molecule has 0 amide bonds. The molecule has 66 valence electrons. The van der Waals surface area contributed by atoms with E-state index in [0.717, 1.165) is 6.42 Å². The van der Waals surface area contributed by atoms with E-state index in [4.69, 9.17) is 10.00 Å². The summed E-state index contributed by atoms with van der Waals surface area (Å²) in [4.78, 5) is 0. The fourth-order valence-electron chi connectivity index (χ4n) is 1.51. The second-order valence-corrected chi connectivity index (χ2v) is 3.20. The van der Waals surface area contributed by atoms with Crippen LogP contribution in [-0.2, 0) is 4.74 Å². The number of ether oxygens (including phenoxy) is 1. The van der Waals surface area contributed by atoms with Gasteiger partial charge < -0.3 is 4.74 Å². The lowest BCUT2D eigenvalue weighted by Gasteiger charge is -1.92. The number of nitrogens with zero attached hydrogens (tertiary/aromatic N) is 1. The first-order chi connectivity index (χ1) is 6.42. The average molecular weight is 173 g/mol. The number of nitriles is 1. The number of benzene rings is 1. The molecule has 0 radical (unpaired) electrons. The van der Waals surface area contributed by atoms with Crippen LogP contribution in [0.15, 0.2) is 30.3 Å². The van der Waals surface area contributed by atoms with E-state index in [2.05, 4.69) is 18.2 Å². The van der Waals surface area contributed by atoms with Gasteiger partial charge in [0.1, 0.15) is 6.10 Å². The first kappa shape index (κ1) is 8.28. The van der Waals surface area contributed by atoms with Gasteiger partial charge in [0, 0.05) is 6.42 Å². The van der Waals surface area contributed by atoms with E-state index < -0.39 is 0 Å². The Hall–Kier alpha value is -1.33. The third kappa shape index (κ3) is 1.88. The molecule has 2 atom stereocenters. The fraction of sp³-hybridized carbons (Fsp3) is 0.364. The second-order valence-electron chi connectivity index (χ2n) is 3.20. The Morgan fingerprint density at radius 2 is 2.08 bits per heavy atom. The molecule has 1 aliphatic heterocycles. The van der Waals surface area contributed by atoms with Crippen LogP contribution in [0.25, 0.3) is 0 Å². The van der Waals surface area contributed by atoms with Crippen molar-refractivity contribution in [3.05, 3.63) is 35.9 Å². The molecule has 1 saturated heterocycles. The lowest BCUT2D eigenvalue weighted by atomic mass is 10.1. The molecule has 0 saturated carbocycles. The van der Waals surface area contributed by atoms with Gasteiger partial charge in [-0.05, 0) is 12.0 Å². The summed E-state index contributed by atoms with van der Waals surface area (Å²) < 4.78 is 5.45. The molecular formula is C11H11NO. The summed E-state index contributed by atoms with van der Waals surface area (Å²) in [7, 11) is 0. The van der Waals surface area contributed by atoms with E-state index in [0.29, 0.717) is 6.42 Å². The second kappa shape index (κ2) is 3.59. The van der Waals surface area contributed by atoms with Crippen LogP contribution in [0.1, 0.15) is 24.5 Å². The molecular weight excluding hydrogens is 162 g/mol. The molecule has 0 bridgehead atoms. The topological polar surface area (TPSA) is 36.3 Å². The average Bonchev–Trinajstić information content (AvgIpc) is 2.95. The van der Waals surface area contributed by atoms with Crippen molar-refractivity contribution in [2.45, 2.75) is 25.0 Å². The van der Waals surface area contributed by atoms with Crippen LogP contribution in [0.3, 0.4) is 0 Å². The lowest BCUT2D eigenvalue weighted by Crippen LogP contribution is -1.87. The van der Waals surface area contributed by atoms with Crippen LogP contribution < -0.4 is 0 Å². The summed E-state index contributed by atoms with van der Waals surface area (Å²) in [6.07, 6.45) is 1.97. The highest BCUT2D eigenvalue weighted by Gasteiger charge is 2.39. The highest BCUT2D eigenvalue weighted by atomic mass is 16.6. The summed E-state index contributed by atoms with van der Waals surface area (Å²) in [5, 5.41) is 8.39. The molecule has 2 heteroatoms. The normalized spacial score (nSPS) is 25.2. The molecule has 1 aromatic rings. The first-order valence-corrected chi connectivity index (χ1v) is 4.49.